The third-order valence-corrected chi connectivity index (χ3v) is 18.8. The third-order valence-electron chi connectivity index (χ3n) is 17.4. The number of aromatic nitrogens is 2. The fourth-order valence-corrected chi connectivity index (χ4v) is 14.0. The summed E-state index contributed by atoms with van der Waals surface area (Å²) in [5.74, 6) is 0.526. The van der Waals surface area contributed by atoms with E-state index in [1.807, 2.05) is 0 Å². The minimum Gasteiger partial charge on any atom is -0.496 e. The molecule has 1 atom stereocenters. The number of benzene rings is 4. The van der Waals surface area contributed by atoms with Crippen molar-refractivity contribution in [3.8, 4) is 17.2 Å². The normalized spacial score (nSPS) is 22.1. The number of sulfonamides is 1. The number of anilines is 2. The van der Waals surface area contributed by atoms with Gasteiger partial charge in [0.1, 0.15) is 34.4 Å². The average Bonchev–Trinajstić information content (AvgIpc) is 3.88. The number of rotatable bonds is 17. The van der Waals surface area contributed by atoms with Gasteiger partial charge in [0.15, 0.2) is 0 Å². The molecule has 17 nitrogen and oxygen atoms in total. The number of halogens is 1. The predicted molar refractivity (Wildman–Crippen MR) is 300 cm³/mol. The lowest BCUT2D eigenvalue weighted by Gasteiger charge is -2.63. The van der Waals surface area contributed by atoms with Crippen molar-refractivity contribution in [1.29, 1.82) is 0 Å². The highest BCUT2D eigenvalue weighted by Crippen LogP contribution is 2.54. The summed E-state index contributed by atoms with van der Waals surface area (Å²) >= 11 is 0. The van der Waals surface area contributed by atoms with E-state index >= 15 is 0 Å². The molecule has 4 N–H and O–H groups in total. The Kier molecular flexibility index (Phi) is 15.2. The molecule has 2 saturated carbocycles. The molecular weight excluding hydrogens is 1030 g/mol. The number of methoxy groups -OCH3 is 1. The number of hydrogen-bond acceptors (Lipinski definition) is 14. The fraction of sp³-hybridized carbons (Fsp3) is 0.467. The highest BCUT2D eigenvalue weighted by Gasteiger charge is 2.55. The monoisotopic (exact) mass is 1100 g/mol. The second-order valence-corrected chi connectivity index (χ2v) is 25.0. The minimum atomic E-state index is -4.65. The molecule has 5 heterocycles. The van der Waals surface area contributed by atoms with E-state index in [0.717, 1.165) is 109 Å². The van der Waals surface area contributed by atoms with Gasteiger partial charge in [0.05, 0.1) is 39.7 Å². The summed E-state index contributed by atoms with van der Waals surface area (Å²) in [6, 6.07) is 26.2. The van der Waals surface area contributed by atoms with Crippen LogP contribution in [0.15, 0.2) is 102 Å². The molecule has 4 aromatic carbocycles. The first kappa shape index (κ1) is 54.3. The number of amides is 1. The zero-order valence-electron chi connectivity index (χ0n) is 45.4. The topological polar surface area (TPSA) is 205 Å². The van der Waals surface area contributed by atoms with Crippen LogP contribution in [0.4, 0.5) is 21.5 Å². The zero-order valence-corrected chi connectivity index (χ0v) is 46.2. The second-order valence-electron chi connectivity index (χ2n) is 23.3. The van der Waals surface area contributed by atoms with Crippen LogP contribution >= 0.6 is 0 Å². The molecule has 418 valence electrons. The summed E-state index contributed by atoms with van der Waals surface area (Å²) in [7, 11) is -2.88. The number of H-pyrrole nitrogens is 1. The van der Waals surface area contributed by atoms with Gasteiger partial charge in [-0.15, -0.1) is 0 Å². The van der Waals surface area contributed by atoms with Crippen LogP contribution in [-0.2, 0) is 21.3 Å². The number of nitro groups is 1. The van der Waals surface area contributed by atoms with Gasteiger partial charge in [0, 0.05) is 101 Å². The number of nitrogens with zero attached hydrogens (tertiary/aromatic N) is 5. The summed E-state index contributed by atoms with van der Waals surface area (Å²) in [6.45, 7) is 13.5. The number of carbonyl (C=O) groups is 1. The Labute approximate surface area is 461 Å². The van der Waals surface area contributed by atoms with Gasteiger partial charge in [-0.1, -0.05) is 50.2 Å². The van der Waals surface area contributed by atoms with E-state index in [2.05, 4.69) is 91.0 Å². The van der Waals surface area contributed by atoms with Crippen LogP contribution in [0, 0.1) is 27.3 Å². The quantitative estimate of drug-likeness (QED) is 0.0496. The van der Waals surface area contributed by atoms with Gasteiger partial charge in [-0.3, -0.25) is 24.7 Å². The molecule has 5 fully saturated rings. The molecular formula is C60H71FN8O9S. The smallest absolute Gasteiger partial charge is 0.293 e. The van der Waals surface area contributed by atoms with Crippen LogP contribution in [-0.4, -0.2) is 115 Å². The number of nitro benzene ring substituents is 1. The average molecular weight is 1100 g/mol. The molecule has 0 bridgehead atoms. The van der Waals surface area contributed by atoms with E-state index in [4.69, 9.17) is 14.2 Å². The number of aromatic amines is 1. The van der Waals surface area contributed by atoms with Crippen LogP contribution in [0.2, 0.25) is 0 Å². The van der Waals surface area contributed by atoms with Gasteiger partial charge in [0.25, 0.3) is 21.6 Å². The zero-order chi connectivity index (χ0) is 55.2. The molecule has 1 spiro atoms. The van der Waals surface area contributed by atoms with Crippen molar-refractivity contribution in [2.45, 2.75) is 113 Å². The van der Waals surface area contributed by atoms with Crippen LogP contribution in [0.25, 0.3) is 11.0 Å². The first-order chi connectivity index (χ1) is 37.9. The lowest BCUT2D eigenvalue weighted by Crippen LogP contribution is -2.68. The Morgan fingerprint density at radius 2 is 1.75 bits per heavy atom. The highest BCUT2D eigenvalue weighted by atomic mass is 32.2. The van der Waals surface area contributed by atoms with Crippen LogP contribution in [0.1, 0.15) is 123 Å². The Bertz CT molecular complexity index is 3340. The molecule has 5 aliphatic rings. The number of fused-ring (bicyclic) bond motifs is 1. The molecule has 6 aromatic rings. The number of nitrogens with one attached hydrogen (secondary N) is 3. The molecule has 11 rings (SSSR count). The molecule has 79 heavy (non-hydrogen) atoms. The van der Waals surface area contributed by atoms with Crippen LogP contribution < -0.4 is 24.4 Å². The Balaban J connectivity index is 0.787. The van der Waals surface area contributed by atoms with E-state index in [0.29, 0.717) is 42.9 Å². The van der Waals surface area contributed by atoms with E-state index in [9.17, 15) is 32.8 Å². The van der Waals surface area contributed by atoms with Crippen molar-refractivity contribution >= 4 is 44.0 Å². The number of pyridine rings is 1. The molecule has 3 saturated heterocycles. The molecule has 0 unspecified atom stereocenters. The standard InChI is InChI=1S/C60H71FN8O9S/c1-38(2)46-7-5-6-8-48(46)54-35-66(34-40-9-12-47(55(25-40)76-4)41-17-23-77-24-18-41)21-22-68(54)43-29-60(30-43)36-67(37-60)42-10-13-49(56(26-42)78-44-27-50-51(61)33-64-57(50)63-32-44)58(70)65-79(74,75)45-11-14-52(53(28-45)69(72)73)62-31-39-15-19-59(3,71)20-16-39/h5-14,25-28,32-33,38-39,41,43,54,62,71H,15-24,29-31,34-37H2,1-4H3,(H,63,64)(H,65,70)/t39-,54-,59-/m0/s1. The number of aliphatic hydroxyl groups is 1. The molecule has 2 aliphatic carbocycles. The van der Waals surface area contributed by atoms with Crippen molar-refractivity contribution in [1.82, 2.24) is 24.5 Å². The van der Waals surface area contributed by atoms with Gasteiger partial charge in [-0.25, -0.2) is 22.5 Å². The molecule has 0 radical (unpaired) electrons. The van der Waals surface area contributed by atoms with Crippen molar-refractivity contribution in [3.63, 3.8) is 0 Å². The van der Waals surface area contributed by atoms with Gasteiger partial charge < -0.3 is 34.5 Å². The Morgan fingerprint density at radius 3 is 2.49 bits per heavy atom. The molecule has 2 aromatic heterocycles. The summed E-state index contributed by atoms with van der Waals surface area (Å²) in [5.41, 5.74) is 5.26. The van der Waals surface area contributed by atoms with Gasteiger partial charge in [0.2, 0.25) is 0 Å². The fourth-order valence-electron chi connectivity index (χ4n) is 13.0. The number of piperazine rings is 1. The van der Waals surface area contributed by atoms with Crippen LogP contribution in [0.3, 0.4) is 0 Å². The first-order valence-electron chi connectivity index (χ1n) is 27.8. The van der Waals surface area contributed by atoms with E-state index in [1.54, 1.807) is 26.2 Å². The molecule has 19 heteroatoms. The lowest BCUT2D eigenvalue weighted by atomic mass is 9.59. The molecule has 3 aliphatic heterocycles. The third kappa shape index (κ3) is 11.6. The predicted octanol–water partition coefficient (Wildman–Crippen LogP) is 10.4. The maximum absolute atomic E-state index is 14.8. The van der Waals surface area contributed by atoms with Crippen molar-refractivity contribution in [2.75, 3.05) is 69.8 Å². The minimum absolute atomic E-state index is 0.0164. The Morgan fingerprint density at radius 1 is 0.975 bits per heavy atom. The van der Waals surface area contributed by atoms with E-state index in [1.165, 1.54) is 58.9 Å². The Hall–Kier alpha value is -6.64. The van der Waals surface area contributed by atoms with Crippen molar-refractivity contribution < 1.29 is 41.8 Å². The van der Waals surface area contributed by atoms with Crippen LogP contribution in [0.5, 0.6) is 17.2 Å². The lowest BCUT2D eigenvalue weighted by molar-refractivity contribution is -0.384. The van der Waals surface area contributed by atoms with E-state index in [-0.39, 0.29) is 45.5 Å². The highest BCUT2D eigenvalue weighted by molar-refractivity contribution is 7.90. The number of carbonyl (C=O) groups excluding carboxylic acids is 1. The van der Waals surface area contributed by atoms with Gasteiger partial charge >= 0.3 is 0 Å². The number of hydrogen-bond donors (Lipinski definition) is 4. The summed E-state index contributed by atoms with van der Waals surface area (Å²) < 4.78 is 62.5. The summed E-state index contributed by atoms with van der Waals surface area (Å²) in [4.78, 5) is 39.9. The summed E-state index contributed by atoms with van der Waals surface area (Å²) in [6.07, 6.45) is 9.37. The van der Waals surface area contributed by atoms with Gasteiger partial charge in [-0.05, 0) is 135 Å². The summed E-state index contributed by atoms with van der Waals surface area (Å²) in [5, 5.41) is 25.9. The SMILES string of the molecule is COc1cc(CN2CCN(C3CC4(C3)CN(c3ccc(C(=O)NS(=O)(=O)c5ccc(NC[C@H]6CC[C@](C)(O)CC6)c([N+](=O)[O-])c5)c(Oc5cnc6[nH]cc(F)c6c5)c3)C4)[C@H](c3ccccc3C(C)C)C2)ccc1C1CCOCC1. The van der Waals surface area contributed by atoms with Crippen molar-refractivity contribution in [3.05, 3.63) is 141 Å². The van der Waals surface area contributed by atoms with E-state index < -0.39 is 42.9 Å². The van der Waals surface area contributed by atoms with Crippen molar-refractivity contribution in [2.24, 2.45) is 11.3 Å². The maximum Gasteiger partial charge on any atom is 0.293 e. The largest absolute Gasteiger partial charge is 0.496 e. The van der Waals surface area contributed by atoms with Gasteiger partial charge in [-0.2, -0.15) is 0 Å². The maximum atomic E-state index is 14.8. The second kappa shape index (κ2) is 22.1. The number of ether oxygens (including phenoxy) is 3. The first-order valence-corrected chi connectivity index (χ1v) is 29.2. The molecule has 1 amide bonds.